The highest BCUT2D eigenvalue weighted by Gasteiger charge is 2.41. The smallest absolute Gasteiger partial charge is 0.294 e. The minimum Gasteiger partial charge on any atom is -0.294 e. The summed E-state index contributed by atoms with van der Waals surface area (Å²) in [5, 5.41) is 0. The van der Waals surface area contributed by atoms with Crippen molar-refractivity contribution in [3.05, 3.63) is 11.8 Å². The molecule has 98 valence electrons. The average molecular weight is 264 g/mol. The average Bonchev–Trinajstić information content (AvgIpc) is 2.07. The van der Waals surface area contributed by atoms with Gasteiger partial charge >= 0.3 is 12.4 Å². The molecule has 0 saturated carbocycles. The minimum atomic E-state index is -5.42. The molecule has 0 aromatic heterocycles. The Hall–Kier alpha value is -1.74. The lowest BCUT2D eigenvalue weighted by Crippen LogP contribution is -2.40. The number of allylic oxidation sites excluding steroid dienone is 2. The van der Waals surface area contributed by atoms with Gasteiger partial charge in [0.15, 0.2) is 0 Å². The van der Waals surface area contributed by atoms with Crippen LogP contribution in [-0.2, 0) is 9.59 Å². The number of hydrazine groups is 1. The molecule has 0 atom stereocenters. The molecule has 10 heteroatoms. The van der Waals surface area contributed by atoms with Crippen LogP contribution in [0.2, 0.25) is 0 Å². The summed E-state index contributed by atoms with van der Waals surface area (Å²) >= 11 is 0. The van der Waals surface area contributed by atoms with Gasteiger partial charge in [-0.05, 0) is 0 Å². The third-order valence-electron chi connectivity index (χ3n) is 1.23. The molecule has 0 radical (unpaired) electrons. The van der Waals surface area contributed by atoms with E-state index in [-0.39, 0.29) is 0 Å². The lowest BCUT2D eigenvalue weighted by Gasteiger charge is -2.14. The van der Waals surface area contributed by atoms with Crippen molar-refractivity contribution in [1.82, 2.24) is 10.9 Å². The second-order valence-electron chi connectivity index (χ2n) is 2.72. The Bertz CT molecular complexity index is 343. The number of carbonyl (C=O) groups is 2. The molecule has 0 aliphatic carbocycles. The molecule has 0 fully saturated rings. The molecule has 2 N–H and O–H groups in total. The summed E-state index contributed by atoms with van der Waals surface area (Å²) in [5.74, 6) is -3.66. The van der Waals surface area contributed by atoms with Crippen molar-refractivity contribution in [3.8, 4) is 0 Å². The lowest BCUT2D eigenvalue weighted by molar-refractivity contribution is -0.166. The largest absolute Gasteiger partial charge is 0.454 e. The Morgan fingerprint density at radius 1 is 0.941 bits per heavy atom. The maximum Gasteiger partial charge on any atom is 0.454 e. The van der Waals surface area contributed by atoms with Crippen molar-refractivity contribution in [2.45, 2.75) is 19.3 Å². The van der Waals surface area contributed by atoms with E-state index in [0.717, 1.165) is 6.92 Å². The Morgan fingerprint density at radius 2 is 1.41 bits per heavy atom. The van der Waals surface area contributed by atoms with Gasteiger partial charge in [0.05, 0.1) is 0 Å². The van der Waals surface area contributed by atoms with Crippen LogP contribution >= 0.6 is 0 Å². The molecule has 1 amide bonds. The van der Waals surface area contributed by atoms with E-state index in [1.807, 2.05) is 0 Å². The van der Waals surface area contributed by atoms with E-state index in [1.165, 1.54) is 10.9 Å². The second-order valence-corrected chi connectivity index (χ2v) is 2.72. The van der Waals surface area contributed by atoms with Crippen LogP contribution in [0.5, 0.6) is 0 Å². The SMILES string of the molecule is CC(=O)NN/C(=C/C(=O)C(F)(F)F)C(F)(F)F. The molecule has 0 aromatic rings. The fourth-order valence-corrected chi connectivity index (χ4v) is 0.557. The number of carbonyl (C=O) groups excluding carboxylic acids is 2. The summed E-state index contributed by atoms with van der Waals surface area (Å²) in [6.07, 6.45) is -11.3. The number of nitrogens with one attached hydrogen (secondary N) is 2. The quantitative estimate of drug-likeness (QED) is 0.457. The first-order chi connectivity index (χ1) is 7.44. The summed E-state index contributed by atoms with van der Waals surface area (Å²) in [4.78, 5) is 20.6. The molecule has 0 aliphatic heterocycles. The molecular formula is C7H6F6N2O2. The first-order valence-electron chi connectivity index (χ1n) is 3.87. The molecule has 0 spiro atoms. The van der Waals surface area contributed by atoms with Crippen molar-refractivity contribution >= 4 is 11.7 Å². The van der Waals surface area contributed by atoms with Gasteiger partial charge in [-0.3, -0.25) is 20.4 Å². The molecule has 0 aromatic carbocycles. The van der Waals surface area contributed by atoms with Crippen molar-refractivity contribution in [1.29, 1.82) is 0 Å². The van der Waals surface area contributed by atoms with Crippen LogP contribution in [0, 0.1) is 0 Å². The van der Waals surface area contributed by atoms with Gasteiger partial charge in [-0.2, -0.15) is 26.3 Å². The van der Waals surface area contributed by atoms with Crippen molar-refractivity contribution in [2.75, 3.05) is 0 Å². The van der Waals surface area contributed by atoms with E-state index in [1.54, 1.807) is 0 Å². The van der Waals surface area contributed by atoms with Gasteiger partial charge < -0.3 is 0 Å². The van der Waals surface area contributed by atoms with E-state index in [4.69, 9.17) is 0 Å². The number of ketones is 1. The van der Waals surface area contributed by atoms with E-state index in [0.29, 0.717) is 0 Å². The standard InChI is InChI=1S/C7H6F6N2O2/c1-3(16)14-15-4(6(8,9)10)2-5(17)7(11,12)13/h2,15H,1H3,(H,14,16)/b4-2+. The van der Waals surface area contributed by atoms with Gasteiger partial charge in [-0.1, -0.05) is 0 Å². The maximum atomic E-state index is 12.1. The van der Waals surface area contributed by atoms with Crippen LogP contribution in [0.3, 0.4) is 0 Å². The number of alkyl halides is 6. The predicted octanol–water partition coefficient (Wildman–Crippen LogP) is 1.20. The van der Waals surface area contributed by atoms with Gasteiger partial charge in [-0.25, -0.2) is 0 Å². The van der Waals surface area contributed by atoms with Crippen molar-refractivity contribution in [2.24, 2.45) is 0 Å². The van der Waals surface area contributed by atoms with Crippen molar-refractivity contribution in [3.63, 3.8) is 0 Å². The number of rotatable bonds is 3. The monoisotopic (exact) mass is 264 g/mol. The third-order valence-corrected chi connectivity index (χ3v) is 1.23. The molecule has 17 heavy (non-hydrogen) atoms. The number of halogens is 6. The van der Waals surface area contributed by atoms with E-state index >= 15 is 0 Å². The summed E-state index contributed by atoms with van der Waals surface area (Å²) in [5.41, 5.74) is 0.572. The van der Waals surface area contributed by atoms with Gasteiger partial charge in [0.25, 0.3) is 5.78 Å². The fraction of sp³-hybridized carbons (Fsp3) is 0.429. The van der Waals surface area contributed by atoms with E-state index in [9.17, 15) is 35.9 Å². The molecule has 0 aliphatic rings. The Balaban J connectivity index is 5.00. The van der Waals surface area contributed by atoms with Crippen LogP contribution in [0.25, 0.3) is 0 Å². The zero-order valence-corrected chi connectivity index (χ0v) is 8.16. The highest BCUT2D eigenvalue weighted by molar-refractivity contribution is 5.95. The molecule has 0 bridgehead atoms. The Labute approximate surface area is 90.6 Å². The maximum absolute atomic E-state index is 12.1. The van der Waals surface area contributed by atoms with Crippen LogP contribution in [0.4, 0.5) is 26.3 Å². The fourth-order valence-electron chi connectivity index (χ4n) is 0.557. The minimum absolute atomic E-state index is 0.685. The predicted molar refractivity (Wildman–Crippen MR) is 42.2 cm³/mol. The summed E-state index contributed by atoms with van der Waals surface area (Å²) in [6, 6.07) is 0. The summed E-state index contributed by atoms with van der Waals surface area (Å²) in [7, 11) is 0. The topological polar surface area (TPSA) is 58.2 Å². The number of hydrogen-bond acceptors (Lipinski definition) is 3. The second kappa shape index (κ2) is 5.06. The molecular weight excluding hydrogens is 258 g/mol. The molecule has 0 rings (SSSR count). The lowest BCUT2D eigenvalue weighted by atomic mass is 10.3. The van der Waals surface area contributed by atoms with Crippen LogP contribution in [0.15, 0.2) is 11.8 Å². The summed E-state index contributed by atoms with van der Waals surface area (Å²) < 4.78 is 71.5. The molecule has 0 unspecified atom stereocenters. The summed E-state index contributed by atoms with van der Waals surface area (Å²) in [6.45, 7) is 0.826. The molecule has 0 saturated heterocycles. The van der Waals surface area contributed by atoms with Crippen LogP contribution in [-0.4, -0.2) is 24.0 Å². The highest BCUT2D eigenvalue weighted by atomic mass is 19.4. The van der Waals surface area contributed by atoms with E-state index < -0.39 is 35.8 Å². The molecule has 0 heterocycles. The van der Waals surface area contributed by atoms with Crippen LogP contribution in [0.1, 0.15) is 6.92 Å². The van der Waals surface area contributed by atoms with Gasteiger partial charge in [0.1, 0.15) is 5.70 Å². The number of amides is 1. The highest BCUT2D eigenvalue weighted by Crippen LogP contribution is 2.25. The Kier molecular flexibility index (Phi) is 4.54. The molecule has 4 nitrogen and oxygen atoms in total. The van der Waals surface area contributed by atoms with E-state index in [2.05, 4.69) is 0 Å². The van der Waals surface area contributed by atoms with Gasteiger partial charge in [-0.15, -0.1) is 0 Å². The zero-order valence-electron chi connectivity index (χ0n) is 8.16. The first kappa shape index (κ1) is 15.3. The van der Waals surface area contributed by atoms with Crippen molar-refractivity contribution < 1.29 is 35.9 Å². The normalized spacial score (nSPS) is 13.2. The van der Waals surface area contributed by atoms with Gasteiger partial charge in [0, 0.05) is 13.0 Å². The first-order valence-corrected chi connectivity index (χ1v) is 3.87. The van der Waals surface area contributed by atoms with Crippen LogP contribution < -0.4 is 10.9 Å². The Morgan fingerprint density at radius 3 is 1.71 bits per heavy atom. The number of hydrogen-bond donors (Lipinski definition) is 2. The van der Waals surface area contributed by atoms with Gasteiger partial charge in [0.2, 0.25) is 5.91 Å². The zero-order chi connectivity index (χ0) is 13.9. The third kappa shape index (κ3) is 5.78.